The Labute approximate surface area is 166 Å². The Bertz CT molecular complexity index is 845. The van der Waals surface area contributed by atoms with Gasteiger partial charge in [0.25, 0.3) is 0 Å². The Kier molecular flexibility index (Phi) is 8.07. The van der Waals surface area contributed by atoms with Gasteiger partial charge in [0.05, 0.1) is 6.61 Å². The first-order valence-electron chi connectivity index (χ1n) is 8.63. The maximum absolute atomic E-state index is 12.8. The molecule has 2 aromatic rings. The third-order valence-electron chi connectivity index (χ3n) is 4.38. The van der Waals surface area contributed by atoms with E-state index >= 15 is 0 Å². The molecule has 2 aromatic carbocycles. The van der Waals surface area contributed by atoms with Crippen LogP contribution in [0.15, 0.2) is 53.4 Å². The molecule has 0 saturated heterocycles. The molecule has 1 atom stereocenters. The molecule has 1 heterocycles. The van der Waals surface area contributed by atoms with Gasteiger partial charge in [0.1, 0.15) is 17.3 Å². The Morgan fingerprint density at radius 3 is 2.67 bits per heavy atom. The van der Waals surface area contributed by atoms with Crippen molar-refractivity contribution in [3.63, 3.8) is 0 Å². The van der Waals surface area contributed by atoms with Crippen molar-refractivity contribution in [3.05, 3.63) is 59.7 Å². The summed E-state index contributed by atoms with van der Waals surface area (Å²) >= 11 is 0. The van der Waals surface area contributed by atoms with Crippen LogP contribution >= 0.6 is 12.4 Å². The number of rotatable bonds is 8. The Balaban J connectivity index is 0.00000261. The molecule has 1 aliphatic heterocycles. The van der Waals surface area contributed by atoms with Gasteiger partial charge in [-0.1, -0.05) is 36.4 Å². The molecule has 27 heavy (non-hydrogen) atoms. The van der Waals surface area contributed by atoms with Gasteiger partial charge in [0.2, 0.25) is 10.0 Å². The molecule has 0 spiro atoms. The van der Waals surface area contributed by atoms with Crippen molar-refractivity contribution in [1.82, 2.24) is 10.0 Å². The number of hydrogen-bond acceptors (Lipinski definition) is 5. The van der Waals surface area contributed by atoms with Crippen molar-refractivity contribution in [2.24, 2.45) is 0 Å². The minimum atomic E-state index is -3.69. The van der Waals surface area contributed by atoms with E-state index in [0.29, 0.717) is 19.0 Å². The summed E-state index contributed by atoms with van der Waals surface area (Å²) in [4.78, 5) is 0.139. The zero-order valence-electron chi connectivity index (χ0n) is 15.2. The second kappa shape index (κ2) is 10.1. The van der Waals surface area contributed by atoms with Crippen molar-refractivity contribution in [1.29, 1.82) is 0 Å². The molecular formula is C19H25ClN2O4S. The Hall–Kier alpha value is -1.64. The summed E-state index contributed by atoms with van der Waals surface area (Å²) in [7, 11) is -2.11. The molecular weight excluding hydrogens is 388 g/mol. The van der Waals surface area contributed by atoms with E-state index in [1.165, 1.54) is 5.56 Å². The molecule has 0 saturated carbocycles. The molecule has 6 nitrogen and oxygen atoms in total. The first kappa shape index (κ1) is 21.7. The van der Waals surface area contributed by atoms with Crippen molar-refractivity contribution < 1.29 is 17.9 Å². The molecule has 8 heteroatoms. The highest BCUT2D eigenvalue weighted by atomic mass is 35.5. The number of benzene rings is 2. The van der Waals surface area contributed by atoms with Crippen molar-refractivity contribution >= 4 is 22.4 Å². The molecule has 148 valence electrons. The quantitative estimate of drug-likeness (QED) is 0.650. The fraction of sp³-hybridized carbons (Fsp3) is 0.368. The second-order valence-corrected chi connectivity index (χ2v) is 7.83. The van der Waals surface area contributed by atoms with Crippen LogP contribution in [0.4, 0.5) is 0 Å². The predicted octanol–water partition coefficient (Wildman–Crippen LogP) is 2.30. The van der Waals surface area contributed by atoms with Crippen molar-refractivity contribution in [2.45, 2.75) is 17.4 Å². The zero-order chi connectivity index (χ0) is 18.4. The van der Waals surface area contributed by atoms with Gasteiger partial charge in [0.15, 0.2) is 0 Å². The van der Waals surface area contributed by atoms with E-state index in [1.54, 1.807) is 31.4 Å². The Morgan fingerprint density at radius 2 is 1.85 bits per heavy atom. The van der Waals surface area contributed by atoms with Crippen molar-refractivity contribution in [2.75, 3.05) is 33.4 Å². The molecule has 0 aromatic heterocycles. The maximum atomic E-state index is 12.8. The average molecular weight is 413 g/mol. The van der Waals surface area contributed by atoms with Crippen LogP contribution in [0, 0.1) is 0 Å². The van der Waals surface area contributed by atoms with Gasteiger partial charge in [-0.25, -0.2) is 13.1 Å². The summed E-state index contributed by atoms with van der Waals surface area (Å²) in [6.07, 6.45) is 0.954. The van der Waals surface area contributed by atoms with E-state index in [9.17, 15) is 8.42 Å². The number of hydrogen-bond donors (Lipinski definition) is 2. The van der Waals surface area contributed by atoms with Crippen LogP contribution in [0.25, 0.3) is 0 Å². The van der Waals surface area contributed by atoms with Crippen LogP contribution in [0.3, 0.4) is 0 Å². The van der Waals surface area contributed by atoms with Crippen LogP contribution in [-0.4, -0.2) is 41.8 Å². The predicted molar refractivity (Wildman–Crippen MR) is 107 cm³/mol. The Morgan fingerprint density at radius 1 is 1.11 bits per heavy atom. The average Bonchev–Trinajstić information content (AvgIpc) is 2.67. The lowest BCUT2D eigenvalue weighted by molar-refractivity contribution is 0.144. The summed E-state index contributed by atoms with van der Waals surface area (Å²) in [5, 5.41) is 3.38. The normalized spacial score (nSPS) is 16.3. The number of sulfonamides is 1. The zero-order valence-corrected chi connectivity index (χ0v) is 16.8. The van der Waals surface area contributed by atoms with E-state index in [0.717, 1.165) is 18.5 Å². The van der Waals surface area contributed by atoms with Gasteiger partial charge in [-0.05, 0) is 36.2 Å². The highest BCUT2D eigenvalue weighted by Crippen LogP contribution is 2.25. The number of fused-ring (bicyclic) bond motifs is 1. The molecule has 0 aliphatic carbocycles. The highest BCUT2D eigenvalue weighted by Gasteiger charge is 2.24. The van der Waals surface area contributed by atoms with Crippen LogP contribution < -0.4 is 14.8 Å². The number of para-hydroxylation sites is 1. The molecule has 0 amide bonds. The van der Waals surface area contributed by atoms with Crippen LogP contribution in [0.5, 0.6) is 5.75 Å². The molecule has 1 aliphatic rings. The lowest BCUT2D eigenvalue weighted by Crippen LogP contribution is -2.38. The number of methoxy groups -OCH3 is 1. The van der Waals surface area contributed by atoms with Crippen LogP contribution in [0.2, 0.25) is 0 Å². The third kappa shape index (κ3) is 5.43. The molecule has 1 unspecified atom stereocenters. The summed E-state index contributed by atoms with van der Waals surface area (Å²) in [5.41, 5.74) is 2.41. The maximum Gasteiger partial charge on any atom is 0.244 e. The topological polar surface area (TPSA) is 76.7 Å². The number of nitrogens with one attached hydrogen (secondary N) is 2. The largest absolute Gasteiger partial charge is 0.490 e. The minimum absolute atomic E-state index is 0. The minimum Gasteiger partial charge on any atom is -0.490 e. The summed E-state index contributed by atoms with van der Waals surface area (Å²) < 4.78 is 38.8. The highest BCUT2D eigenvalue weighted by molar-refractivity contribution is 7.89. The van der Waals surface area contributed by atoms with E-state index in [-0.39, 0.29) is 29.9 Å². The summed E-state index contributed by atoms with van der Waals surface area (Å²) in [6, 6.07) is 14.7. The number of ether oxygens (including phenoxy) is 2. The number of halogens is 1. The van der Waals surface area contributed by atoms with E-state index < -0.39 is 10.0 Å². The van der Waals surface area contributed by atoms with E-state index in [1.807, 2.05) is 18.2 Å². The molecule has 0 bridgehead atoms. The standard InChI is InChI=1S/C19H24N2O4S.ClH/c1-24-12-13-25-18-8-4-5-9-19(18)26(22,23)21-14-17-16-7-3-2-6-15(16)10-11-20-17;/h2-9,17,20-21H,10-14H2,1H3;1H. The third-order valence-corrected chi connectivity index (χ3v) is 5.84. The summed E-state index contributed by atoms with van der Waals surface area (Å²) in [5.74, 6) is 0.328. The summed E-state index contributed by atoms with van der Waals surface area (Å²) in [6.45, 7) is 1.80. The smallest absolute Gasteiger partial charge is 0.244 e. The van der Waals surface area contributed by atoms with Gasteiger partial charge < -0.3 is 14.8 Å². The van der Waals surface area contributed by atoms with Crippen LogP contribution in [0.1, 0.15) is 17.2 Å². The van der Waals surface area contributed by atoms with Crippen molar-refractivity contribution in [3.8, 4) is 5.75 Å². The van der Waals surface area contributed by atoms with Crippen LogP contribution in [-0.2, 0) is 21.2 Å². The molecule has 0 radical (unpaired) electrons. The van der Waals surface area contributed by atoms with Gasteiger partial charge >= 0.3 is 0 Å². The monoisotopic (exact) mass is 412 g/mol. The van der Waals surface area contributed by atoms with Gasteiger partial charge in [-0.2, -0.15) is 0 Å². The van der Waals surface area contributed by atoms with E-state index in [4.69, 9.17) is 9.47 Å². The van der Waals surface area contributed by atoms with Gasteiger partial charge in [-0.3, -0.25) is 0 Å². The van der Waals surface area contributed by atoms with Gasteiger partial charge in [0, 0.05) is 19.7 Å². The fourth-order valence-corrected chi connectivity index (χ4v) is 4.26. The lowest BCUT2D eigenvalue weighted by atomic mass is 9.95. The molecule has 3 rings (SSSR count). The first-order valence-corrected chi connectivity index (χ1v) is 10.1. The SMILES string of the molecule is COCCOc1ccccc1S(=O)(=O)NCC1NCCc2ccccc21.Cl. The fourth-order valence-electron chi connectivity index (χ4n) is 3.07. The lowest BCUT2D eigenvalue weighted by Gasteiger charge is -2.27. The molecule has 0 fully saturated rings. The first-order chi connectivity index (χ1) is 12.6. The van der Waals surface area contributed by atoms with Gasteiger partial charge in [-0.15, -0.1) is 12.4 Å². The second-order valence-electron chi connectivity index (χ2n) is 6.10. The molecule has 2 N–H and O–H groups in total. The van der Waals surface area contributed by atoms with E-state index in [2.05, 4.69) is 16.1 Å².